The van der Waals surface area contributed by atoms with Crippen LogP contribution >= 0.6 is 0 Å². The maximum atomic E-state index is 12.5. The highest BCUT2D eigenvalue weighted by molar-refractivity contribution is 5.57. The van der Waals surface area contributed by atoms with Crippen LogP contribution in [0.15, 0.2) is 6.20 Å². The molecule has 1 aromatic rings. The van der Waals surface area contributed by atoms with Gasteiger partial charge in [-0.05, 0) is 0 Å². The first-order chi connectivity index (χ1) is 8.67. The predicted octanol–water partition coefficient (Wildman–Crippen LogP) is 2.83. The van der Waals surface area contributed by atoms with Crippen molar-refractivity contribution in [2.75, 3.05) is 7.11 Å². The summed E-state index contributed by atoms with van der Waals surface area (Å²) in [5.74, 6) is -2.44. The Hall–Kier alpha value is -2.20. The zero-order chi connectivity index (χ0) is 14.8. The minimum absolute atomic E-state index is 0.352. The highest BCUT2D eigenvalue weighted by Gasteiger charge is 2.40. The molecule has 11 heteroatoms. The number of aromatic nitrogens is 1. The fraction of sp³-hybridized carbons (Fsp3) is 0.375. The molecule has 6 nitrogen and oxygen atoms in total. The van der Waals surface area contributed by atoms with Crippen LogP contribution in [0.2, 0.25) is 0 Å². The lowest BCUT2D eigenvalue weighted by atomic mass is 10.2. The monoisotopic (exact) mass is 288 g/mol. The maximum absolute atomic E-state index is 12.5. The van der Waals surface area contributed by atoms with Crippen molar-refractivity contribution in [3.63, 3.8) is 0 Å². The molecule has 106 valence electrons. The van der Waals surface area contributed by atoms with E-state index in [9.17, 15) is 32.1 Å². The minimum atomic E-state index is -5.32. The van der Waals surface area contributed by atoms with Gasteiger partial charge in [0.15, 0.2) is 0 Å². The maximum Gasteiger partial charge on any atom is 0.573 e. The fourth-order valence-corrected chi connectivity index (χ4v) is 1.18. The van der Waals surface area contributed by atoms with Crippen molar-refractivity contribution in [3.8, 4) is 11.6 Å². The Bertz CT molecular complexity index is 491. The summed E-state index contributed by atoms with van der Waals surface area (Å²) in [6.45, 7) is 0. The second-order valence-corrected chi connectivity index (χ2v) is 3.01. The molecule has 0 spiro atoms. The number of methoxy groups -OCH3 is 1. The quantitative estimate of drug-likeness (QED) is 0.484. The summed E-state index contributed by atoms with van der Waals surface area (Å²) in [6.07, 6.45) is -8.36. The molecule has 0 aliphatic carbocycles. The average Bonchev–Trinajstić information content (AvgIpc) is 2.25. The fourth-order valence-electron chi connectivity index (χ4n) is 1.18. The number of rotatable bonds is 4. The Balaban J connectivity index is 3.53. The van der Waals surface area contributed by atoms with E-state index in [4.69, 9.17) is 0 Å². The molecule has 0 saturated carbocycles. The third-order valence-electron chi connectivity index (χ3n) is 1.83. The zero-order valence-electron chi connectivity index (χ0n) is 9.07. The van der Waals surface area contributed by atoms with E-state index in [2.05, 4.69) is 14.5 Å². The zero-order valence-corrected chi connectivity index (χ0v) is 9.07. The molecular formula is C8H5F5N2O4. The Labute approximate surface area is 101 Å². The van der Waals surface area contributed by atoms with Crippen molar-refractivity contribution >= 4 is 5.69 Å². The first-order valence-electron chi connectivity index (χ1n) is 4.42. The number of nitro groups is 1. The van der Waals surface area contributed by atoms with E-state index in [1.807, 2.05) is 0 Å². The lowest BCUT2D eigenvalue weighted by molar-refractivity contribution is -0.390. The van der Waals surface area contributed by atoms with Crippen molar-refractivity contribution in [1.29, 1.82) is 0 Å². The molecule has 0 aromatic carbocycles. The number of alkyl halides is 5. The molecule has 1 aromatic heterocycles. The topological polar surface area (TPSA) is 74.5 Å². The molecule has 0 unspecified atom stereocenters. The second kappa shape index (κ2) is 5.20. The van der Waals surface area contributed by atoms with Gasteiger partial charge in [0.2, 0.25) is 0 Å². The summed E-state index contributed by atoms with van der Waals surface area (Å²) in [5, 5.41) is 10.6. The van der Waals surface area contributed by atoms with Crippen LogP contribution in [0.3, 0.4) is 0 Å². The first-order valence-corrected chi connectivity index (χ1v) is 4.42. The van der Waals surface area contributed by atoms with Crippen LogP contribution in [-0.4, -0.2) is 23.4 Å². The van der Waals surface area contributed by atoms with E-state index in [0.717, 1.165) is 7.11 Å². The van der Waals surface area contributed by atoms with Crippen LogP contribution in [0.4, 0.5) is 27.6 Å². The van der Waals surface area contributed by atoms with E-state index >= 15 is 0 Å². The predicted molar refractivity (Wildman–Crippen MR) is 49.1 cm³/mol. The Morgan fingerprint density at radius 2 is 2.00 bits per heavy atom. The molecule has 0 atom stereocenters. The van der Waals surface area contributed by atoms with Crippen LogP contribution in [-0.2, 0) is 0 Å². The molecule has 0 aliphatic rings. The van der Waals surface area contributed by atoms with Crippen molar-refractivity contribution in [2.24, 2.45) is 0 Å². The van der Waals surface area contributed by atoms with Gasteiger partial charge >= 0.3 is 12.0 Å². The van der Waals surface area contributed by atoms with Gasteiger partial charge in [0.25, 0.3) is 18.1 Å². The summed E-state index contributed by atoms with van der Waals surface area (Å²) in [4.78, 5) is 12.3. The molecule has 19 heavy (non-hydrogen) atoms. The molecule has 0 N–H and O–H groups in total. The molecule has 0 saturated heterocycles. The Morgan fingerprint density at radius 1 is 1.42 bits per heavy atom. The van der Waals surface area contributed by atoms with Gasteiger partial charge in [-0.15, -0.1) is 13.2 Å². The summed E-state index contributed by atoms with van der Waals surface area (Å²) >= 11 is 0. The summed E-state index contributed by atoms with van der Waals surface area (Å²) in [5.41, 5.74) is -2.84. The summed E-state index contributed by atoms with van der Waals surface area (Å²) in [6, 6.07) is 0. The number of nitrogens with zero attached hydrogens (tertiary/aromatic N) is 2. The molecule has 0 amide bonds. The largest absolute Gasteiger partial charge is 0.573 e. The second-order valence-electron chi connectivity index (χ2n) is 3.01. The third-order valence-corrected chi connectivity index (χ3v) is 1.83. The lowest BCUT2D eigenvalue weighted by Crippen LogP contribution is -2.19. The van der Waals surface area contributed by atoms with Crippen molar-refractivity contribution in [3.05, 3.63) is 21.9 Å². The van der Waals surface area contributed by atoms with E-state index in [-0.39, 0.29) is 0 Å². The highest BCUT2D eigenvalue weighted by atomic mass is 19.4. The number of hydrogen-bond acceptors (Lipinski definition) is 5. The summed E-state index contributed by atoms with van der Waals surface area (Å²) in [7, 11) is 0.858. The van der Waals surface area contributed by atoms with Crippen LogP contribution < -0.4 is 9.47 Å². The molecule has 0 bridgehead atoms. The first kappa shape index (κ1) is 14.9. The van der Waals surface area contributed by atoms with Crippen LogP contribution in [0, 0.1) is 10.1 Å². The van der Waals surface area contributed by atoms with E-state index < -0.39 is 40.6 Å². The van der Waals surface area contributed by atoms with Gasteiger partial charge in [0.05, 0.1) is 12.0 Å². The SMILES string of the molecule is COc1ncc(C(F)F)c([N+](=O)[O-])c1OC(F)(F)F. The molecule has 1 heterocycles. The van der Waals surface area contributed by atoms with E-state index in [1.165, 1.54) is 0 Å². The molecule has 1 rings (SSSR count). The lowest BCUT2D eigenvalue weighted by Gasteiger charge is -2.13. The number of hydrogen-bond donors (Lipinski definition) is 0. The highest BCUT2D eigenvalue weighted by Crippen LogP contribution is 2.43. The standard InChI is InChI=1S/C8H5F5N2O4/c1-18-7-5(19-8(11,12)13)4(15(16)17)3(2-14-7)6(9)10/h2,6H,1H3. The molecular weight excluding hydrogens is 283 g/mol. The third kappa shape index (κ3) is 3.39. The van der Waals surface area contributed by atoms with Crippen LogP contribution in [0.25, 0.3) is 0 Å². The number of ether oxygens (including phenoxy) is 2. The van der Waals surface area contributed by atoms with Crippen molar-refractivity contribution in [2.45, 2.75) is 12.8 Å². The number of halogens is 5. The van der Waals surface area contributed by atoms with E-state index in [0.29, 0.717) is 6.20 Å². The Morgan fingerprint density at radius 3 is 2.37 bits per heavy atom. The van der Waals surface area contributed by atoms with Crippen molar-refractivity contribution in [1.82, 2.24) is 4.98 Å². The Kier molecular flexibility index (Phi) is 4.07. The van der Waals surface area contributed by atoms with Gasteiger partial charge in [-0.25, -0.2) is 13.8 Å². The van der Waals surface area contributed by atoms with Gasteiger partial charge in [0, 0.05) is 6.20 Å². The number of pyridine rings is 1. The summed E-state index contributed by atoms with van der Waals surface area (Å²) < 4.78 is 69.1. The van der Waals surface area contributed by atoms with Gasteiger partial charge in [-0.2, -0.15) is 0 Å². The molecule has 0 fully saturated rings. The van der Waals surface area contributed by atoms with Gasteiger partial charge in [-0.3, -0.25) is 10.1 Å². The van der Waals surface area contributed by atoms with Crippen LogP contribution in [0.5, 0.6) is 11.6 Å². The van der Waals surface area contributed by atoms with Gasteiger partial charge in [0.1, 0.15) is 5.56 Å². The van der Waals surface area contributed by atoms with Gasteiger partial charge in [-0.1, -0.05) is 0 Å². The smallest absolute Gasteiger partial charge is 0.478 e. The van der Waals surface area contributed by atoms with Gasteiger partial charge < -0.3 is 9.47 Å². The normalized spacial score (nSPS) is 11.5. The average molecular weight is 288 g/mol. The molecule has 0 radical (unpaired) electrons. The minimum Gasteiger partial charge on any atom is -0.478 e. The molecule has 0 aliphatic heterocycles. The van der Waals surface area contributed by atoms with Crippen LogP contribution in [0.1, 0.15) is 12.0 Å². The van der Waals surface area contributed by atoms with E-state index in [1.54, 1.807) is 0 Å². The van der Waals surface area contributed by atoms with Crippen molar-refractivity contribution < 1.29 is 36.3 Å².